The quantitative estimate of drug-likeness (QED) is 0.340. The van der Waals surface area contributed by atoms with Gasteiger partial charge in [-0.2, -0.15) is 0 Å². The minimum Gasteiger partial charge on any atom is -0.452 e. The molecule has 0 saturated carbocycles. The molecule has 0 aliphatic carbocycles. The van der Waals surface area contributed by atoms with Crippen LogP contribution in [0.4, 0.5) is 20.2 Å². The SMILES string of the molecule is Cc1ccc(C(=O)Nc2ccc(Oc3cc(N4CCOCC4)cnc3C=CN)c(F)c2)c(=O)n1-c1ccc(F)cc1. The van der Waals surface area contributed by atoms with Gasteiger partial charge < -0.3 is 25.4 Å². The molecule has 210 valence electrons. The smallest absolute Gasteiger partial charge is 0.268 e. The fourth-order valence-electron chi connectivity index (χ4n) is 4.43. The van der Waals surface area contributed by atoms with Crippen molar-refractivity contribution in [3.05, 3.63) is 112 Å². The second kappa shape index (κ2) is 12.0. The fourth-order valence-corrected chi connectivity index (χ4v) is 4.43. The Bertz CT molecular complexity index is 1660. The van der Waals surface area contributed by atoms with E-state index in [1.165, 1.54) is 53.2 Å². The lowest BCUT2D eigenvalue weighted by atomic mass is 10.2. The molecular formula is C30H27F2N5O4. The van der Waals surface area contributed by atoms with Crippen molar-refractivity contribution in [2.75, 3.05) is 36.5 Å². The van der Waals surface area contributed by atoms with E-state index >= 15 is 4.39 Å². The molecule has 11 heteroatoms. The summed E-state index contributed by atoms with van der Waals surface area (Å²) in [5.74, 6) is -1.71. The molecule has 0 bridgehead atoms. The van der Waals surface area contributed by atoms with Gasteiger partial charge in [-0.25, -0.2) is 8.78 Å². The van der Waals surface area contributed by atoms with Gasteiger partial charge in [0.25, 0.3) is 11.5 Å². The zero-order valence-electron chi connectivity index (χ0n) is 22.1. The summed E-state index contributed by atoms with van der Waals surface area (Å²) >= 11 is 0. The predicted molar refractivity (Wildman–Crippen MR) is 152 cm³/mol. The van der Waals surface area contributed by atoms with Crippen LogP contribution in [0.3, 0.4) is 0 Å². The number of anilines is 2. The van der Waals surface area contributed by atoms with E-state index in [0.29, 0.717) is 49.1 Å². The molecule has 1 aliphatic rings. The number of aryl methyl sites for hydroxylation is 1. The molecule has 0 unspecified atom stereocenters. The van der Waals surface area contributed by atoms with Crippen molar-refractivity contribution in [3.8, 4) is 17.2 Å². The molecule has 0 atom stereocenters. The van der Waals surface area contributed by atoms with Crippen molar-refractivity contribution in [2.45, 2.75) is 6.92 Å². The third-order valence-electron chi connectivity index (χ3n) is 6.51. The molecule has 3 N–H and O–H groups in total. The highest BCUT2D eigenvalue weighted by Gasteiger charge is 2.18. The molecule has 1 fully saturated rings. The van der Waals surface area contributed by atoms with E-state index in [2.05, 4.69) is 15.2 Å². The topological polar surface area (TPSA) is 112 Å². The lowest BCUT2D eigenvalue weighted by molar-refractivity contribution is 0.102. The summed E-state index contributed by atoms with van der Waals surface area (Å²) in [5, 5.41) is 2.56. The number of aromatic nitrogens is 2. The second-order valence-electron chi connectivity index (χ2n) is 9.24. The van der Waals surface area contributed by atoms with Crippen molar-refractivity contribution in [2.24, 2.45) is 5.73 Å². The third kappa shape index (κ3) is 6.10. The van der Waals surface area contributed by atoms with Gasteiger partial charge in [-0.3, -0.25) is 19.1 Å². The van der Waals surface area contributed by atoms with Crippen LogP contribution < -0.4 is 26.2 Å². The van der Waals surface area contributed by atoms with E-state index in [0.717, 1.165) is 11.8 Å². The second-order valence-corrected chi connectivity index (χ2v) is 9.24. The molecule has 3 heterocycles. The van der Waals surface area contributed by atoms with Crippen LogP contribution in [0.1, 0.15) is 21.7 Å². The average molecular weight is 560 g/mol. The van der Waals surface area contributed by atoms with Gasteiger partial charge in [0.2, 0.25) is 0 Å². The monoisotopic (exact) mass is 559 g/mol. The van der Waals surface area contributed by atoms with Crippen molar-refractivity contribution >= 4 is 23.4 Å². The maximum atomic E-state index is 15.1. The maximum Gasteiger partial charge on any atom is 0.268 e. The first-order valence-corrected chi connectivity index (χ1v) is 12.8. The highest BCUT2D eigenvalue weighted by molar-refractivity contribution is 6.04. The number of nitrogens with two attached hydrogens (primary N) is 1. The third-order valence-corrected chi connectivity index (χ3v) is 6.51. The van der Waals surface area contributed by atoms with Crippen LogP contribution in [-0.4, -0.2) is 41.8 Å². The molecule has 1 amide bonds. The van der Waals surface area contributed by atoms with Gasteiger partial charge in [0, 0.05) is 42.3 Å². The number of hydrogen-bond acceptors (Lipinski definition) is 7. The van der Waals surface area contributed by atoms with Crippen molar-refractivity contribution in [3.63, 3.8) is 0 Å². The van der Waals surface area contributed by atoms with Crippen molar-refractivity contribution in [1.29, 1.82) is 0 Å². The molecule has 4 aromatic rings. The average Bonchev–Trinajstić information content (AvgIpc) is 2.97. The van der Waals surface area contributed by atoms with Gasteiger partial charge in [0.15, 0.2) is 17.3 Å². The molecule has 2 aromatic carbocycles. The summed E-state index contributed by atoms with van der Waals surface area (Å²) in [4.78, 5) is 32.6. The van der Waals surface area contributed by atoms with E-state index in [4.69, 9.17) is 15.2 Å². The summed E-state index contributed by atoms with van der Waals surface area (Å²) in [6.07, 6.45) is 4.55. The number of halogens is 2. The number of rotatable bonds is 7. The van der Waals surface area contributed by atoms with E-state index in [9.17, 15) is 14.0 Å². The summed E-state index contributed by atoms with van der Waals surface area (Å²) < 4.78 is 41.1. The van der Waals surface area contributed by atoms with Crippen LogP contribution in [0.2, 0.25) is 0 Å². The minimum atomic E-state index is -0.741. The number of ether oxygens (including phenoxy) is 2. The molecular weight excluding hydrogens is 532 g/mol. The number of carbonyl (C=O) groups is 1. The molecule has 5 rings (SSSR count). The Labute approximate surface area is 234 Å². The van der Waals surface area contributed by atoms with Gasteiger partial charge in [-0.15, -0.1) is 0 Å². The first kappa shape index (κ1) is 27.5. The van der Waals surface area contributed by atoms with E-state index in [1.807, 2.05) is 0 Å². The number of hydrogen-bond donors (Lipinski definition) is 2. The van der Waals surface area contributed by atoms with E-state index in [1.54, 1.807) is 31.3 Å². The zero-order valence-corrected chi connectivity index (χ0v) is 22.1. The summed E-state index contributed by atoms with van der Waals surface area (Å²) in [7, 11) is 0. The molecule has 1 saturated heterocycles. The number of amides is 1. The van der Waals surface area contributed by atoms with Crippen molar-refractivity contribution < 1.29 is 23.0 Å². The normalized spacial score (nSPS) is 13.4. The standard InChI is InChI=1S/C30H27F2N5O4/c1-19-2-8-24(30(39)37(19)22-6-3-20(31)4-7-22)29(38)35-21-5-9-27(25(32)16-21)41-28-17-23(18-34-26(28)10-11-33)36-12-14-40-15-13-36/h2-11,16-18H,12-15,33H2,1H3,(H,35,38). The number of nitrogens with zero attached hydrogens (tertiary/aromatic N) is 3. The highest BCUT2D eigenvalue weighted by Crippen LogP contribution is 2.32. The van der Waals surface area contributed by atoms with Gasteiger partial charge in [-0.1, -0.05) is 0 Å². The van der Waals surface area contributed by atoms with E-state index in [-0.39, 0.29) is 17.0 Å². The molecule has 1 aliphatic heterocycles. The Kier molecular flexibility index (Phi) is 8.06. The van der Waals surface area contributed by atoms with Crippen LogP contribution in [0.15, 0.2) is 77.9 Å². The largest absolute Gasteiger partial charge is 0.452 e. The van der Waals surface area contributed by atoms with Crippen LogP contribution in [0, 0.1) is 18.6 Å². The maximum absolute atomic E-state index is 15.1. The van der Waals surface area contributed by atoms with Crippen LogP contribution in [-0.2, 0) is 4.74 Å². The molecule has 9 nitrogen and oxygen atoms in total. The number of carbonyl (C=O) groups excluding carboxylic acids is 1. The first-order chi connectivity index (χ1) is 19.8. The molecule has 41 heavy (non-hydrogen) atoms. The Balaban J connectivity index is 1.37. The number of benzene rings is 2. The van der Waals surface area contributed by atoms with Crippen LogP contribution in [0.25, 0.3) is 11.8 Å². The predicted octanol–water partition coefficient (Wildman–Crippen LogP) is 4.63. The summed E-state index contributed by atoms with van der Waals surface area (Å²) in [5.41, 5.74) is 7.10. The Hall–Kier alpha value is -5.03. The molecule has 0 spiro atoms. The zero-order chi connectivity index (χ0) is 28.9. The van der Waals surface area contributed by atoms with E-state index < -0.39 is 23.1 Å². The Morgan fingerprint density at radius 1 is 1.02 bits per heavy atom. The fraction of sp³-hybridized carbons (Fsp3) is 0.167. The highest BCUT2D eigenvalue weighted by atomic mass is 19.1. The number of nitrogens with one attached hydrogen (secondary N) is 1. The van der Waals surface area contributed by atoms with Crippen LogP contribution in [0.5, 0.6) is 11.5 Å². The minimum absolute atomic E-state index is 0.0930. The molecule has 2 aromatic heterocycles. The lowest BCUT2D eigenvalue weighted by Gasteiger charge is -2.29. The molecule has 0 radical (unpaired) electrons. The van der Waals surface area contributed by atoms with Gasteiger partial charge in [-0.05, 0) is 67.7 Å². The van der Waals surface area contributed by atoms with Crippen LogP contribution >= 0.6 is 0 Å². The van der Waals surface area contributed by atoms with Gasteiger partial charge >= 0.3 is 0 Å². The summed E-state index contributed by atoms with van der Waals surface area (Å²) in [6.45, 7) is 4.25. The number of morpholine rings is 1. The van der Waals surface area contributed by atoms with Gasteiger partial charge in [0.05, 0.1) is 25.1 Å². The van der Waals surface area contributed by atoms with Crippen molar-refractivity contribution in [1.82, 2.24) is 9.55 Å². The first-order valence-electron chi connectivity index (χ1n) is 12.8. The lowest BCUT2D eigenvalue weighted by Crippen LogP contribution is -2.36. The van der Waals surface area contributed by atoms with Gasteiger partial charge in [0.1, 0.15) is 17.1 Å². The summed E-state index contributed by atoms with van der Waals surface area (Å²) in [6, 6.07) is 14.0. The Morgan fingerprint density at radius 3 is 2.49 bits per heavy atom. The Morgan fingerprint density at radius 2 is 1.78 bits per heavy atom. The number of pyridine rings is 2.